The molecular formula is C14H25N3. The Labute approximate surface area is 105 Å². The number of hydrogen-bond donors (Lipinski definition) is 0. The Bertz CT molecular complexity index is 266. The lowest BCUT2D eigenvalue weighted by Crippen LogP contribution is -2.35. The van der Waals surface area contributed by atoms with Gasteiger partial charge in [0, 0.05) is 12.8 Å². The summed E-state index contributed by atoms with van der Waals surface area (Å²) >= 11 is 0. The second-order valence-corrected chi connectivity index (χ2v) is 6.13. The number of rotatable bonds is 0. The minimum atomic E-state index is 0.446. The van der Waals surface area contributed by atoms with Gasteiger partial charge in [0.05, 0.1) is 6.04 Å². The molecule has 1 fully saturated rings. The zero-order valence-electron chi connectivity index (χ0n) is 11.2. The third-order valence-electron chi connectivity index (χ3n) is 4.00. The van der Waals surface area contributed by atoms with Gasteiger partial charge in [0.1, 0.15) is 6.34 Å². The standard InChI is InChI=1S/C14H25N3/c1-14(2)8-4-3-7-13-11-15-12-16-17(13)10-6-5-9-14/h11-13H,3-10H2,1-2H3. The predicted molar refractivity (Wildman–Crippen MR) is 73.6 cm³/mol. The molecule has 0 bridgehead atoms. The Balaban J connectivity index is 1.94. The largest absolute Gasteiger partial charge is 0.287 e. The summed E-state index contributed by atoms with van der Waals surface area (Å²) in [6.07, 6.45) is 12.9. The number of hydrazone groups is 1. The fourth-order valence-electron chi connectivity index (χ4n) is 2.80. The van der Waals surface area contributed by atoms with E-state index >= 15 is 0 Å². The lowest BCUT2D eigenvalue weighted by atomic mass is 9.82. The van der Waals surface area contributed by atoms with Crippen LogP contribution in [0.2, 0.25) is 0 Å². The Morgan fingerprint density at radius 3 is 2.71 bits per heavy atom. The second-order valence-electron chi connectivity index (χ2n) is 6.13. The van der Waals surface area contributed by atoms with Gasteiger partial charge in [-0.3, -0.25) is 5.01 Å². The summed E-state index contributed by atoms with van der Waals surface area (Å²) in [4.78, 5) is 4.18. The molecular weight excluding hydrogens is 210 g/mol. The molecule has 0 radical (unpaired) electrons. The fraction of sp³-hybridized carbons (Fsp3) is 0.857. The fourth-order valence-corrected chi connectivity index (χ4v) is 2.80. The minimum Gasteiger partial charge on any atom is -0.287 e. The van der Waals surface area contributed by atoms with Gasteiger partial charge >= 0.3 is 0 Å². The van der Waals surface area contributed by atoms with Crippen LogP contribution in [-0.2, 0) is 0 Å². The zero-order valence-corrected chi connectivity index (χ0v) is 11.2. The van der Waals surface area contributed by atoms with E-state index in [0.717, 1.165) is 6.54 Å². The van der Waals surface area contributed by atoms with E-state index in [1.165, 1.54) is 44.9 Å². The van der Waals surface area contributed by atoms with E-state index in [2.05, 4.69) is 35.2 Å². The molecule has 17 heavy (non-hydrogen) atoms. The average Bonchev–Trinajstić information content (AvgIpc) is 2.34. The average molecular weight is 235 g/mol. The maximum atomic E-state index is 4.40. The molecule has 0 spiro atoms. The quantitative estimate of drug-likeness (QED) is 0.632. The summed E-state index contributed by atoms with van der Waals surface area (Å²) in [5.41, 5.74) is 0.530. The smallest absolute Gasteiger partial charge is 0.135 e. The lowest BCUT2D eigenvalue weighted by molar-refractivity contribution is 0.236. The third kappa shape index (κ3) is 3.83. The molecule has 0 aromatic heterocycles. The maximum Gasteiger partial charge on any atom is 0.135 e. The van der Waals surface area contributed by atoms with Crippen LogP contribution in [0.3, 0.4) is 0 Å². The van der Waals surface area contributed by atoms with Gasteiger partial charge < -0.3 is 0 Å². The highest BCUT2D eigenvalue weighted by Crippen LogP contribution is 2.31. The number of hydrogen-bond acceptors (Lipinski definition) is 3. The summed E-state index contributed by atoms with van der Waals surface area (Å²) in [6, 6.07) is 0.446. The van der Waals surface area contributed by atoms with Gasteiger partial charge in [0.2, 0.25) is 0 Å². The summed E-state index contributed by atoms with van der Waals surface area (Å²) in [5, 5.41) is 6.63. The van der Waals surface area contributed by atoms with Gasteiger partial charge in [0.15, 0.2) is 0 Å². The first-order valence-corrected chi connectivity index (χ1v) is 7.00. The molecule has 0 aliphatic carbocycles. The summed E-state index contributed by atoms with van der Waals surface area (Å²) in [5.74, 6) is 0. The highest BCUT2D eigenvalue weighted by atomic mass is 15.5. The van der Waals surface area contributed by atoms with Crippen molar-refractivity contribution in [2.45, 2.75) is 64.8 Å². The van der Waals surface area contributed by atoms with E-state index in [1.807, 2.05) is 0 Å². The van der Waals surface area contributed by atoms with Gasteiger partial charge in [-0.25, -0.2) is 4.99 Å². The van der Waals surface area contributed by atoms with Gasteiger partial charge in [-0.15, -0.1) is 0 Å². The highest BCUT2D eigenvalue weighted by Gasteiger charge is 2.21. The van der Waals surface area contributed by atoms with E-state index in [4.69, 9.17) is 0 Å². The van der Waals surface area contributed by atoms with Gasteiger partial charge in [-0.1, -0.05) is 33.1 Å². The topological polar surface area (TPSA) is 28.0 Å². The van der Waals surface area contributed by atoms with Gasteiger partial charge in [-0.05, 0) is 31.1 Å². The molecule has 2 rings (SSSR count). The monoisotopic (exact) mass is 235 g/mol. The van der Waals surface area contributed by atoms with Gasteiger partial charge in [-0.2, -0.15) is 5.10 Å². The molecule has 2 heterocycles. The van der Waals surface area contributed by atoms with Crippen LogP contribution in [0.5, 0.6) is 0 Å². The van der Waals surface area contributed by atoms with Crippen molar-refractivity contribution in [3.8, 4) is 0 Å². The van der Waals surface area contributed by atoms with Crippen molar-refractivity contribution in [2.75, 3.05) is 6.54 Å². The lowest BCUT2D eigenvalue weighted by Gasteiger charge is -2.27. The Hall–Kier alpha value is -0.860. The van der Waals surface area contributed by atoms with E-state index in [0.29, 0.717) is 11.5 Å². The molecule has 0 aromatic carbocycles. The molecule has 96 valence electrons. The molecule has 1 unspecified atom stereocenters. The molecule has 3 heteroatoms. The predicted octanol–water partition coefficient (Wildman–Crippen LogP) is 3.46. The Morgan fingerprint density at radius 2 is 1.88 bits per heavy atom. The SMILES string of the molecule is CC1(C)CCCCC2C=NC=NN2CCCC1. The van der Waals surface area contributed by atoms with Crippen molar-refractivity contribution >= 4 is 12.6 Å². The van der Waals surface area contributed by atoms with E-state index in [-0.39, 0.29) is 0 Å². The first-order valence-electron chi connectivity index (χ1n) is 7.00. The molecule has 0 saturated carbocycles. The van der Waals surface area contributed by atoms with Crippen LogP contribution in [0.4, 0.5) is 0 Å². The van der Waals surface area contributed by atoms with Crippen LogP contribution < -0.4 is 0 Å². The molecule has 3 nitrogen and oxygen atoms in total. The molecule has 0 aromatic rings. The molecule has 1 atom stereocenters. The summed E-state index contributed by atoms with van der Waals surface area (Å²) < 4.78 is 0. The van der Waals surface area contributed by atoms with Crippen molar-refractivity contribution in [2.24, 2.45) is 15.5 Å². The van der Waals surface area contributed by atoms with Crippen molar-refractivity contribution in [1.29, 1.82) is 0 Å². The minimum absolute atomic E-state index is 0.446. The third-order valence-corrected chi connectivity index (χ3v) is 4.00. The normalized spacial score (nSPS) is 29.5. The summed E-state index contributed by atoms with van der Waals surface area (Å²) in [7, 11) is 0. The second kappa shape index (κ2) is 5.65. The zero-order chi connectivity index (χ0) is 12.1. The first-order chi connectivity index (χ1) is 8.17. The van der Waals surface area contributed by atoms with Crippen molar-refractivity contribution < 1.29 is 0 Å². The van der Waals surface area contributed by atoms with Crippen LogP contribution in [0, 0.1) is 5.41 Å². The van der Waals surface area contributed by atoms with Crippen LogP contribution >= 0.6 is 0 Å². The van der Waals surface area contributed by atoms with Crippen LogP contribution in [0.1, 0.15) is 58.8 Å². The molecule has 2 aliphatic rings. The van der Waals surface area contributed by atoms with Crippen LogP contribution in [-0.4, -0.2) is 30.1 Å². The van der Waals surface area contributed by atoms with Crippen molar-refractivity contribution in [3.05, 3.63) is 0 Å². The van der Waals surface area contributed by atoms with E-state index in [9.17, 15) is 0 Å². The van der Waals surface area contributed by atoms with Crippen LogP contribution in [0.15, 0.2) is 10.1 Å². The molecule has 2 aliphatic heterocycles. The van der Waals surface area contributed by atoms with E-state index in [1.54, 1.807) is 6.34 Å². The van der Waals surface area contributed by atoms with Gasteiger partial charge in [0.25, 0.3) is 0 Å². The number of nitrogens with zero attached hydrogens (tertiary/aromatic N) is 3. The number of aliphatic imine (C=N–C) groups is 1. The molecule has 0 amide bonds. The Kier molecular flexibility index (Phi) is 4.19. The highest BCUT2D eigenvalue weighted by molar-refractivity contribution is 5.77. The first kappa shape index (κ1) is 12.6. The maximum absolute atomic E-state index is 4.40. The van der Waals surface area contributed by atoms with E-state index < -0.39 is 0 Å². The van der Waals surface area contributed by atoms with Crippen LogP contribution in [0.25, 0.3) is 0 Å². The summed E-state index contributed by atoms with van der Waals surface area (Å²) in [6.45, 7) is 5.92. The number of fused-ring (bicyclic) bond motifs is 1. The molecule has 0 N–H and O–H groups in total. The Morgan fingerprint density at radius 1 is 1.12 bits per heavy atom. The van der Waals surface area contributed by atoms with Crippen molar-refractivity contribution in [3.63, 3.8) is 0 Å². The molecule has 1 saturated heterocycles. The van der Waals surface area contributed by atoms with Crippen molar-refractivity contribution in [1.82, 2.24) is 5.01 Å².